The van der Waals surface area contributed by atoms with E-state index in [1.807, 2.05) is 6.92 Å². The minimum atomic E-state index is -3.19. The second-order valence-corrected chi connectivity index (χ2v) is 11.0. The van der Waals surface area contributed by atoms with Gasteiger partial charge in [0.05, 0.1) is 18.1 Å². The molecule has 0 bridgehead atoms. The third kappa shape index (κ3) is 6.31. The molecule has 0 amide bonds. The highest BCUT2D eigenvalue weighted by molar-refractivity contribution is 7.89. The number of ether oxygens (including phenoxy) is 1. The molecule has 0 N–H and O–H groups in total. The minimum Gasteiger partial charge on any atom is -0.378 e. The van der Waals surface area contributed by atoms with E-state index >= 15 is 0 Å². The molecule has 33 heavy (non-hydrogen) atoms. The summed E-state index contributed by atoms with van der Waals surface area (Å²) in [6.07, 6.45) is 2.30. The van der Waals surface area contributed by atoms with Crippen LogP contribution in [0.5, 0.6) is 0 Å². The fraction of sp³-hybridized carbons (Fsp3) is 0.600. The zero-order valence-corrected chi connectivity index (χ0v) is 21.5. The van der Waals surface area contributed by atoms with Crippen molar-refractivity contribution in [1.29, 1.82) is 0 Å². The van der Waals surface area contributed by atoms with E-state index in [2.05, 4.69) is 49.9 Å². The van der Waals surface area contributed by atoms with Gasteiger partial charge in [0, 0.05) is 51.2 Å². The average Bonchev–Trinajstić information content (AvgIpc) is 2.80. The van der Waals surface area contributed by atoms with E-state index in [0.29, 0.717) is 45.6 Å². The van der Waals surface area contributed by atoms with Crippen LogP contribution >= 0.6 is 0 Å². The van der Waals surface area contributed by atoms with Crippen LogP contribution in [0, 0.1) is 6.92 Å². The Hall–Kier alpha value is -2.03. The molecule has 182 valence electrons. The molecule has 3 rings (SSSR count). The molecular weight excluding hydrogens is 436 g/mol. The number of benzene rings is 1. The molecule has 0 radical (unpaired) electrons. The summed E-state index contributed by atoms with van der Waals surface area (Å²) in [4.78, 5) is 12.2. The first-order valence-corrected chi connectivity index (χ1v) is 13.6. The van der Waals surface area contributed by atoms with Crippen LogP contribution in [0.25, 0.3) is 0 Å². The SMILES string of the molecule is CCCS(=O)(=O)N1CCN(c2nc(C(C)CC)nc(COC)c2Cc2cccc(C)c2)CC1. The topological polar surface area (TPSA) is 75.6 Å². The number of anilines is 1. The molecule has 1 aromatic heterocycles. The molecule has 2 aromatic rings. The normalized spacial score (nSPS) is 16.2. The quantitative estimate of drug-likeness (QED) is 0.520. The Bertz CT molecular complexity index is 1030. The highest BCUT2D eigenvalue weighted by Crippen LogP contribution is 2.29. The molecule has 1 unspecified atom stereocenters. The molecule has 1 fully saturated rings. The molecule has 1 saturated heterocycles. The van der Waals surface area contributed by atoms with Crippen LogP contribution < -0.4 is 4.90 Å². The van der Waals surface area contributed by atoms with Crippen molar-refractivity contribution in [2.75, 3.05) is 43.9 Å². The van der Waals surface area contributed by atoms with Crippen LogP contribution in [0.1, 0.15) is 67.7 Å². The summed E-state index contributed by atoms with van der Waals surface area (Å²) < 4.78 is 32.3. The van der Waals surface area contributed by atoms with E-state index in [9.17, 15) is 8.42 Å². The van der Waals surface area contributed by atoms with Gasteiger partial charge in [0.1, 0.15) is 11.6 Å². The first-order valence-electron chi connectivity index (χ1n) is 12.0. The summed E-state index contributed by atoms with van der Waals surface area (Å²) in [5.74, 6) is 2.18. The van der Waals surface area contributed by atoms with Gasteiger partial charge in [0.2, 0.25) is 10.0 Å². The van der Waals surface area contributed by atoms with Crippen molar-refractivity contribution >= 4 is 15.8 Å². The number of piperazine rings is 1. The second-order valence-electron chi connectivity index (χ2n) is 8.94. The maximum absolute atomic E-state index is 12.6. The third-order valence-corrected chi connectivity index (χ3v) is 8.36. The van der Waals surface area contributed by atoms with Gasteiger partial charge in [-0.05, 0) is 25.3 Å². The van der Waals surface area contributed by atoms with Crippen LogP contribution in [0.3, 0.4) is 0 Å². The zero-order chi connectivity index (χ0) is 24.0. The zero-order valence-electron chi connectivity index (χ0n) is 20.7. The van der Waals surface area contributed by atoms with Crippen LogP contribution in [0.15, 0.2) is 24.3 Å². The predicted molar refractivity (Wildman–Crippen MR) is 133 cm³/mol. The number of hydrogen-bond donors (Lipinski definition) is 0. The first-order chi connectivity index (χ1) is 15.8. The number of nitrogens with zero attached hydrogens (tertiary/aromatic N) is 4. The minimum absolute atomic E-state index is 0.204. The van der Waals surface area contributed by atoms with Crippen molar-refractivity contribution in [2.24, 2.45) is 0 Å². The Balaban J connectivity index is 1.99. The van der Waals surface area contributed by atoms with Gasteiger partial charge in [0.15, 0.2) is 0 Å². The number of aromatic nitrogens is 2. The molecule has 1 aliphatic rings. The molecule has 2 heterocycles. The van der Waals surface area contributed by atoms with Crippen molar-refractivity contribution in [2.45, 2.75) is 59.5 Å². The highest BCUT2D eigenvalue weighted by atomic mass is 32.2. The largest absolute Gasteiger partial charge is 0.378 e. The van der Waals surface area contributed by atoms with Crippen molar-refractivity contribution in [3.05, 3.63) is 52.5 Å². The van der Waals surface area contributed by atoms with Gasteiger partial charge >= 0.3 is 0 Å². The molecular formula is C25H38N4O3S. The summed E-state index contributed by atoms with van der Waals surface area (Å²) in [7, 11) is -1.50. The fourth-order valence-corrected chi connectivity index (χ4v) is 5.72. The highest BCUT2D eigenvalue weighted by Gasteiger charge is 2.29. The van der Waals surface area contributed by atoms with Crippen LogP contribution in [-0.2, 0) is 27.8 Å². The van der Waals surface area contributed by atoms with Crippen molar-refractivity contribution in [3.8, 4) is 0 Å². The summed E-state index contributed by atoms with van der Waals surface area (Å²) >= 11 is 0. The van der Waals surface area contributed by atoms with Gasteiger partial charge in [-0.15, -0.1) is 0 Å². The van der Waals surface area contributed by atoms with Crippen molar-refractivity contribution < 1.29 is 13.2 Å². The third-order valence-electron chi connectivity index (χ3n) is 6.28. The van der Waals surface area contributed by atoms with Crippen LogP contribution in [0.4, 0.5) is 5.82 Å². The van der Waals surface area contributed by atoms with Crippen LogP contribution in [-0.4, -0.2) is 61.7 Å². The lowest BCUT2D eigenvalue weighted by Gasteiger charge is -2.36. The van der Waals surface area contributed by atoms with E-state index in [-0.39, 0.29) is 11.7 Å². The Morgan fingerprint density at radius 3 is 2.45 bits per heavy atom. The standard InChI is InChI=1S/C25H38N4O3S/c1-6-15-33(30,31)29-13-11-28(12-14-29)25-22(17-21-10-8-9-19(3)16-21)23(18-32-5)26-24(27-25)20(4)7-2/h8-10,16,20H,6-7,11-15,17-18H2,1-5H3. The summed E-state index contributed by atoms with van der Waals surface area (Å²) in [6.45, 7) is 10.9. The molecule has 0 aliphatic carbocycles. The smallest absolute Gasteiger partial charge is 0.214 e. The van der Waals surface area contributed by atoms with Crippen molar-refractivity contribution in [3.63, 3.8) is 0 Å². The summed E-state index contributed by atoms with van der Waals surface area (Å²) in [6, 6.07) is 8.49. The van der Waals surface area contributed by atoms with E-state index < -0.39 is 10.0 Å². The predicted octanol–water partition coefficient (Wildman–Crippen LogP) is 3.90. The average molecular weight is 475 g/mol. The van der Waals surface area contributed by atoms with E-state index in [1.165, 1.54) is 11.1 Å². The van der Waals surface area contributed by atoms with Gasteiger partial charge in [-0.2, -0.15) is 4.31 Å². The van der Waals surface area contributed by atoms with Gasteiger partial charge in [-0.1, -0.05) is 50.6 Å². The molecule has 1 atom stereocenters. The Morgan fingerprint density at radius 2 is 1.85 bits per heavy atom. The molecule has 1 aromatic carbocycles. The Morgan fingerprint density at radius 1 is 1.12 bits per heavy atom. The maximum atomic E-state index is 12.6. The first kappa shape index (κ1) is 25.6. The number of sulfonamides is 1. The van der Waals surface area contributed by atoms with E-state index in [4.69, 9.17) is 14.7 Å². The number of methoxy groups -OCH3 is 1. The molecule has 1 aliphatic heterocycles. The number of aryl methyl sites for hydroxylation is 1. The van der Waals surface area contributed by atoms with E-state index in [0.717, 1.165) is 29.3 Å². The lowest BCUT2D eigenvalue weighted by atomic mass is 10.0. The monoisotopic (exact) mass is 474 g/mol. The fourth-order valence-electron chi connectivity index (χ4n) is 4.23. The molecule has 7 nitrogen and oxygen atoms in total. The number of hydrogen-bond acceptors (Lipinski definition) is 6. The molecule has 8 heteroatoms. The van der Waals surface area contributed by atoms with Crippen LogP contribution in [0.2, 0.25) is 0 Å². The number of rotatable bonds is 10. The molecule has 0 saturated carbocycles. The second kappa shape index (κ2) is 11.4. The van der Waals surface area contributed by atoms with Gasteiger partial charge < -0.3 is 9.64 Å². The van der Waals surface area contributed by atoms with Crippen molar-refractivity contribution in [1.82, 2.24) is 14.3 Å². The lowest BCUT2D eigenvalue weighted by Crippen LogP contribution is -2.50. The summed E-state index contributed by atoms with van der Waals surface area (Å²) in [5.41, 5.74) is 4.41. The van der Waals surface area contributed by atoms with Gasteiger partial charge in [-0.3, -0.25) is 0 Å². The van der Waals surface area contributed by atoms with Gasteiger partial charge in [0.25, 0.3) is 0 Å². The Labute approximate surface area is 199 Å². The summed E-state index contributed by atoms with van der Waals surface area (Å²) in [5, 5.41) is 0. The molecule has 0 spiro atoms. The Kier molecular flexibility index (Phi) is 8.84. The van der Waals surface area contributed by atoms with E-state index in [1.54, 1.807) is 11.4 Å². The van der Waals surface area contributed by atoms with Gasteiger partial charge in [-0.25, -0.2) is 18.4 Å². The lowest BCUT2D eigenvalue weighted by molar-refractivity contribution is 0.180. The maximum Gasteiger partial charge on any atom is 0.214 e.